The van der Waals surface area contributed by atoms with Crippen LogP contribution in [-0.2, 0) is 9.53 Å². The van der Waals surface area contributed by atoms with Crippen LogP contribution >= 0.6 is 11.3 Å². The number of carbonyl (C=O) groups excluding carboxylic acids is 2. The molecule has 7 heteroatoms. The summed E-state index contributed by atoms with van der Waals surface area (Å²) in [5.41, 5.74) is 0.0465. The van der Waals surface area contributed by atoms with Crippen molar-refractivity contribution in [1.82, 2.24) is 10.3 Å². The van der Waals surface area contributed by atoms with Crippen LogP contribution in [0, 0.1) is 0 Å². The summed E-state index contributed by atoms with van der Waals surface area (Å²) in [6, 6.07) is 0. The van der Waals surface area contributed by atoms with E-state index in [2.05, 4.69) is 20.4 Å². The van der Waals surface area contributed by atoms with E-state index >= 15 is 0 Å². The molecule has 0 unspecified atom stereocenters. The van der Waals surface area contributed by atoms with Gasteiger partial charge >= 0.3 is 5.97 Å². The predicted molar refractivity (Wildman–Crippen MR) is 74.5 cm³/mol. The molecule has 0 atom stereocenters. The van der Waals surface area contributed by atoms with Crippen molar-refractivity contribution >= 4 is 28.3 Å². The van der Waals surface area contributed by atoms with Crippen LogP contribution in [0.3, 0.4) is 0 Å². The molecule has 0 saturated carbocycles. The van der Waals surface area contributed by atoms with Gasteiger partial charge in [-0.3, -0.25) is 4.79 Å². The zero-order chi connectivity index (χ0) is 14.5. The molecular formula is C12H19N3O3S. The van der Waals surface area contributed by atoms with Crippen LogP contribution in [-0.4, -0.2) is 36.1 Å². The molecule has 0 saturated heterocycles. The first kappa shape index (κ1) is 15.4. The molecule has 1 heterocycles. The fraction of sp³-hybridized carbons (Fsp3) is 0.583. The zero-order valence-corrected chi connectivity index (χ0v) is 12.4. The Morgan fingerprint density at radius 1 is 1.42 bits per heavy atom. The number of ether oxygens (including phenoxy) is 1. The molecule has 106 valence electrons. The minimum atomic E-state index is -0.463. The first-order valence-corrected chi connectivity index (χ1v) is 6.78. The summed E-state index contributed by atoms with van der Waals surface area (Å²) in [5, 5.41) is 8.08. The second kappa shape index (κ2) is 6.51. The number of carbonyl (C=O) groups is 2. The van der Waals surface area contributed by atoms with Gasteiger partial charge in [0.2, 0.25) is 5.91 Å². The summed E-state index contributed by atoms with van der Waals surface area (Å²) in [7, 11) is 1.31. The molecular weight excluding hydrogens is 266 g/mol. The van der Waals surface area contributed by atoms with Gasteiger partial charge in [-0.1, -0.05) is 0 Å². The fourth-order valence-electron chi connectivity index (χ4n) is 1.32. The molecule has 2 N–H and O–H groups in total. The number of methoxy groups -OCH3 is 1. The van der Waals surface area contributed by atoms with Gasteiger partial charge in [-0.25, -0.2) is 9.78 Å². The molecule has 1 aromatic rings. The lowest BCUT2D eigenvalue weighted by atomic mass is 10.1. The Kier molecular flexibility index (Phi) is 5.29. The third-order valence-corrected chi connectivity index (χ3v) is 2.84. The number of thiazole rings is 1. The number of nitrogens with zero attached hydrogens (tertiary/aromatic N) is 1. The first-order chi connectivity index (χ1) is 8.81. The number of hydrogen-bond donors (Lipinski definition) is 2. The van der Waals surface area contributed by atoms with Gasteiger partial charge < -0.3 is 15.4 Å². The lowest BCUT2D eigenvalue weighted by molar-refractivity contribution is -0.122. The molecule has 0 radical (unpaired) electrons. The molecule has 0 fully saturated rings. The van der Waals surface area contributed by atoms with Crippen molar-refractivity contribution in [3.05, 3.63) is 11.1 Å². The standard InChI is InChI=1S/C12H19N3O3S/c1-12(2,3)15-9(16)5-6-13-11-14-8(7-19-11)10(17)18-4/h7H,5-6H2,1-4H3,(H,13,14)(H,15,16). The summed E-state index contributed by atoms with van der Waals surface area (Å²) in [4.78, 5) is 26.8. The highest BCUT2D eigenvalue weighted by atomic mass is 32.1. The van der Waals surface area contributed by atoms with Crippen LogP contribution < -0.4 is 10.6 Å². The largest absolute Gasteiger partial charge is 0.464 e. The number of amides is 1. The highest BCUT2D eigenvalue weighted by molar-refractivity contribution is 7.13. The quantitative estimate of drug-likeness (QED) is 0.804. The van der Waals surface area contributed by atoms with Gasteiger partial charge in [0.1, 0.15) is 0 Å². The number of rotatable bonds is 5. The van der Waals surface area contributed by atoms with Crippen molar-refractivity contribution in [3.63, 3.8) is 0 Å². The lowest BCUT2D eigenvalue weighted by Crippen LogP contribution is -2.41. The molecule has 0 aliphatic carbocycles. The summed E-state index contributed by atoms with van der Waals surface area (Å²) in [6.45, 7) is 6.27. The minimum Gasteiger partial charge on any atom is -0.464 e. The summed E-state index contributed by atoms with van der Waals surface area (Å²) < 4.78 is 4.56. The van der Waals surface area contributed by atoms with Crippen molar-refractivity contribution in [3.8, 4) is 0 Å². The van der Waals surface area contributed by atoms with Crippen molar-refractivity contribution in [1.29, 1.82) is 0 Å². The molecule has 19 heavy (non-hydrogen) atoms. The second-order valence-corrected chi connectivity index (χ2v) is 5.86. The number of aromatic nitrogens is 1. The van der Waals surface area contributed by atoms with Crippen molar-refractivity contribution in [2.24, 2.45) is 0 Å². The smallest absolute Gasteiger partial charge is 0.357 e. The van der Waals surface area contributed by atoms with E-state index in [0.717, 1.165) is 0 Å². The average Bonchev–Trinajstić information content (AvgIpc) is 2.74. The molecule has 0 aromatic carbocycles. The number of esters is 1. The summed E-state index contributed by atoms with van der Waals surface area (Å²) >= 11 is 1.30. The molecule has 1 rings (SSSR count). The van der Waals surface area contributed by atoms with Crippen molar-refractivity contribution in [2.75, 3.05) is 19.0 Å². The second-order valence-electron chi connectivity index (χ2n) is 5.00. The van der Waals surface area contributed by atoms with Crippen molar-refractivity contribution < 1.29 is 14.3 Å². The van der Waals surface area contributed by atoms with Crippen LogP contribution in [0.1, 0.15) is 37.7 Å². The summed E-state index contributed by atoms with van der Waals surface area (Å²) in [5.74, 6) is -0.487. The van der Waals surface area contributed by atoms with Gasteiger partial charge in [-0.05, 0) is 20.8 Å². The van der Waals surface area contributed by atoms with Gasteiger partial charge in [-0.15, -0.1) is 11.3 Å². The maximum absolute atomic E-state index is 11.6. The fourth-order valence-corrected chi connectivity index (χ4v) is 2.03. The van der Waals surface area contributed by atoms with Gasteiger partial charge in [0.25, 0.3) is 0 Å². The maximum atomic E-state index is 11.6. The topological polar surface area (TPSA) is 80.3 Å². The number of nitrogens with one attached hydrogen (secondary N) is 2. The number of anilines is 1. The lowest BCUT2D eigenvalue weighted by Gasteiger charge is -2.20. The predicted octanol–water partition coefficient (Wildman–Crippen LogP) is 1.65. The van der Waals surface area contributed by atoms with Crippen LogP contribution in [0.2, 0.25) is 0 Å². The molecule has 0 aliphatic heterocycles. The Hall–Kier alpha value is -1.63. The van der Waals surface area contributed by atoms with E-state index in [4.69, 9.17) is 0 Å². The van der Waals surface area contributed by atoms with E-state index in [-0.39, 0.29) is 17.1 Å². The third kappa shape index (κ3) is 5.69. The van der Waals surface area contributed by atoms with Gasteiger partial charge in [0.05, 0.1) is 7.11 Å². The Balaban J connectivity index is 2.35. The molecule has 6 nitrogen and oxygen atoms in total. The van der Waals surface area contributed by atoms with E-state index in [1.165, 1.54) is 18.4 Å². The normalized spacial score (nSPS) is 10.9. The minimum absolute atomic E-state index is 0.0234. The van der Waals surface area contributed by atoms with Gasteiger partial charge in [0.15, 0.2) is 10.8 Å². The molecule has 0 spiro atoms. The van der Waals surface area contributed by atoms with Crippen LogP contribution in [0.5, 0.6) is 0 Å². The average molecular weight is 285 g/mol. The van der Waals surface area contributed by atoms with E-state index in [1.807, 2.05) is 20.8 Å². The Morgan fingerprint density at radius 2 is 2.11 bits per heavy atom. The Morgan fingerprint density at radius 3 is 2.68 bits per heavy atom. The number of hydrogen-bond acceptors (Lipinski definition) is 6. The van der Waals surface area contributed by atoms with E-state index in [9.17, 15) is 9.59 Å². The van der Waals surface area contributed by atoms with E-state index in [0.29, 0.717) is 18.1 Å². The Bertz CT molecular complexity index is 451. The van der Waals surface area contributed by atoms with Crippen LogP contribution in [0.15, 0.2) is 5.38 Å². The van der Waals surface area contributed by atoms with E-state index in [1.54, 1.807) is 5.38 Å². The van der Waals surface area contributed by atoms with Crippen LogP contribution in [0.25, 0.3) is 0 Å². The van der Waals surface area contributed by atoms with E-state index < -0.39 is 5.97 Å². The SMILES string of the molecule is COC(=O)c1csc(NCCC(=O)NC(C)(C)C)n1. The molecule has 0 aliphatic rings. The van der Waals surface area contributed by atoms with Gasteiger partial charge in [-0.2, -0.15) is 0 Å². The molecule has 1 aromatic heterocycles. The third-order valence-electron chi connectivity index (χ3n) is 2.04. The molecule has 0 bridgehead atoms. The highest BCUT2D eigenvalue weighted by Gasteiger charge is 2.14. The first-order valence-electron chi connectivity index (χ1n) is 5.90. The monoisotopic (exact) mass is 285 g/mol. The molecule has 1 amide bonds. The van der Waals surface area contributed by atoms with Gasteiger partial charge in [0, 0.05) is 23.9 Å². The summed E-state index contributed by atoms with van der Waals surface area (Å²) in [6.07, 6.45) is 0.352. The maximum Gasteiger partial charge on any atom is 0.357 e. The Labute approximate surface area is 116 Å². The van der Waals surface area contributed by atoms with Crippen LogP contribution in [0.4, 0.5) is 5.13 Å². The van der Waals surface area contributed by atoms with Crippen molar-refractivity contribution in [2.45, 2.75) is 32.7 Å². The highest BCUT2D eigenvalue weighted by Crippen LogP contribution is 2.15. The zero-order valence-electron chi connectivity index (χ0n) is 11.6.